The van der Waals surface area contributed by atoms with Crippen molar-refractivity contribution in [2.75, 3.05) is 31.6 Å². The summed E-state index contributed by atoms with van der Waals surface area (Å²) in [7, 11) is -3.52. The minimum absolute atomic E-state index is 0.133. The number of amides is 2. The minimum atomic E-state index is -3.52. The normalized spacial score (nSPS) is 18.9. The van der Waals surface area contributed by atoms with Gasteiger partial charge in [-0.05, 0) is 36.2 Å². The molecule has 0 spiro atoms. The van der Waals surface area contributed by atoms with Crippen molar-refractivity contribution in [1.29, 1.82) is 0 Å². The number of thioether (sulfide) groups is 1. The van der Waals surface area contributed by atoms with E-state index in [4.69, 9.17) is 4.74 Å². The number of urea groups is 1. The van der Waals surface area contributed by atoms with Gasteiger partial charge in [-0.3, -0.25) is 10.6 Å². The summed E-state index contributed by atoms with van der Waals surface area (Å²) in [6.07, 6.45) is 1.84. The maximum atomic E-state index is 12.8. The molecule has 2 amide bonds. The van der Waals surface area contributed by atoms with E-state index in [2.05, 4.69) is 27.9 Å². The maximum Gasteiger partial charge on any atom is 0.325 e. The number of morpholine rings is 1. The molecule has 0 aliphatic carbocycles. The first-order valence-electron chi connectivity index (χ1n) is 10.8. The lowest BCUT2D eigenvalue weighted by atomic mass is 10.2. The Morgan fingerprint density at radius 1 is 1.18 bits per heavy atom. The lowest BCUT2D eigenvalue weighted by Crippen LogP contribution is -2.40. The van der Waals surface area contributed by atoms with Gasteiger partial charge in [0.15, 0.2) is 0 Å². The number of hydrogen-bond donors (Lipinski definition) is 3. The van der Waals surface area contributed by atoms with Gasteiger partial charge < -0.3 is 10.1 Å². The zero-order chi connectivity index (χ0) is 23.3. The number of carbonyl (C=O) groups excluding carboxylic acids is 1. The Kier molecular flexibility index (Phi) is 7.53. The van der Waals surface area contributed by atoms with E-state index in [1.165, 1.54) is 16.1 Å². The second kappa shape index (κ2) is 10.6. The number of aromatic nitrogens is 1. The molecular formula is C22H27N5O4S2. The van der Waals surface area contributed by atoms with Gasteiger partial charge in [0, 0.05) is 24.2 Å². The molecule has 0 bridgehead atoms. The van der Waals surface area contributed by atoms with E-state index in [1.54, 1.807) is 30.3 Å². The van der Waals surface area contributed by atoms with E-state index >= 15 is 0 Å². The Hall–Kier alpha value is -2.60. The molecule has 1 unspecified atom stereocenters. The molecule has 2 aliphatic rings. The fraction of sp³-hybridized carbons (Fsp3) is 0.364. The molecule has 0 saturated carbocycles. The van der Waals surface area contributed by atoms with Crippen LogP contribution in [0.5, 0.6) is 0 Å². The predicted octanol–water partition coefficient (Wildman–Crippen LogP) is 3.01. The molecule has 9 nitrogen and oxygen atoms in total. The van der Waals surface area contributed by atoms with Gasteiger partial charge in [0.1, 0.15) is 17.0 Å². The fourth-order valence-corrected chi connectivity index (χ4v) is 5.85. The van der Waals surface area contributed by atoms with Gasteiger partial charge >= 0.3 is 6.03 Å². The zero-order valence-corrected chi connectivity index (χ0v) is 19.9. The van der Waals surface area contributed by atoms with Crippen LogP contribution in [-0.2, 0) is 21.2 Å². The number of sulfonamides is 1. The van der Waals surface area contributed by atoms with Crippen molar-refractivity contribution in [2.45, 2.75) is 30.0 Å². The molecule has 3 heterocycles. The van der Waals surface area contributed by atoms with Crippen LogP contribution in [0.4, 0.5) is 10.6 Å². The summed E-state index contributed by atoms with van der Waals surface area (Å²) in [5, 5.41) is 10.5. The molecule has 1 aromatic carbocycles. The first kappa shape index (κ1) is 23.6. The first-order valence-corrected chi connectivity index (χ1v) is 13.2. The molecular weight excluding hydrogens is 462 g/mol. The minimum Gasteiger partial charge on any atom is -0.379 e. The highest BCUT2D eigenvalue weighted by molar-refractivity contribution is 8.02. The van der Waals surface area contributed by atoms with Crippen LogP contribution in [0.1, 0.15) is 30.0 Å². The number of aryl methyl sites for hydroxylation is 1. The number of hydrogen-bond acceptors (Lipinski definition) is 7. The highest BCUT2D eigenvalue weighted by Gasteiger charge is 2.27. The van der Waals surface area contributed by atoms with Crippen molar-refractivity contribution >= 4 is 33.6 Å². The van der Waals surface area contributed by atoms with E-state index in [0.29, 0.717) is 37.9 Å². The first-order chi connectivity index (χ1) is 16.0. The third-order valence-electron chi connectivity index (χ3n) is 5.20. The molecule has 3 N–H and O–H groups in total. The summed E-state index contributed by atoms with van der Waals surface area (Å²) < 4.78 is 32.3. The summed E-state index contributed by atoms with van der Waals surface area (Å²) in [6, 6.07) is 12.0. The third-order valence-corrected chi connectivity index (χ3v) is 8.15. The number of anilines is 1. The number of nitrogens with one attached hydrogen (secondary N) is 3. The van der Waals surface area contributed by atoms with Gasteiger partial charge in [-0.15, -0.1) is 11.8 Å². The third kappa shape index (κ3) is 5.85. The van der Waals surface area contributed by atoms with Crippen LogP contribution in [0.3, 0.4) is 0 Å². The van der Waals surface area contributed by atoms with Gasteiger partial charge in [0.25, 0.3) is 0 Å². The van der Waals surface area contributed by atoms with Gasteiger partial charge in [-0.25, -0.2) is 18.2 Å². The average Bonchev–Trinajstić information content (AvgIpc) is 3.28. The number of rotatable bonds is 7. The van der Waals surface area contributed by atoms with Crippen LogP contribution in [0.15, 0.2) is 58.6 Å². The van der Waals surface area contributed by atoms with Gasteiger partial charge in [0.2, 0.25) is 10.0 Å². The van der Waals surface area contributed by atoms with Gasteiger partial charge in [-0.1, -0.05) is 31.5 Å². The molecule has 11 heteroatoms. The van der Waals surface area contributed by atoms with Crippen LogP contribution in [-0.4, -0.2) is 50.0 Å². The van der Waals surface area contributed by atoms with E-state index in [-0.39, 0.29) is 16.3 Å². The van der Waals surface area contributed by atoms with Crippen molar-refractivity contribution in [2.24, 2.45) is 0 Å². The summed E-state index contributed by atoms with van der Waals surface area (Å²) in [5.41, 5.74) is 1.84. The molecule has 0 radical (unpaired) electrons. The summed E-state index contributed by atoms with van der Waals surface area (Å²) in [4.78, 5) is 17.0. The van der Waals surface area contributed by atoms with Crippen molar-refractivity contribution in [3.63, 3.8) is 0 Å². The van der Waals surface area contributed by atoms with E-state index < -0.39 is 10.0 Å². The molecule has 1 fully saturated rings. The van der Waals surface area contributed by atoms with Crippen LogP contribution < -0.4 is 16.0 Å². The highest BCUT2D eigenvalue weighted by atomic mass is 32.2. The maximum absolute atomic E-state index is 12.8. The SMILES string of the molecule is CCCc1cccc(NC(=O)NC2=CSC(c3ccc(S(=O)(=O)N4CCOCC4)cc3)N2)n1. The van der Waals surface area contributed by atoms with Crippen molar-refractivity contribution in [1.82, 2.24) is 19.9 Å². The van der Waals surface area contributed by atoms with E-state index in [1.807, 2.05) is 17.5 Å². The number of benzene rings is 1. The fourth-order valence-electron chi connectivity index (χ4n) is 3.54. The summed E-state index contributed by atoms with van der Waals surface area (Å²) >= 11 is 1.49. The Labute approximate surface area is 198 Å². The number of pyridine rings is 1. The summed E-state index contributed by atoms with van der Waals surface area (Å²) in [5.74, 6) is 1.07. The molecule has 176 valence electrons. The Morgan fingerprint density at radius 2 is 1.94 bits per heavy atom. The van der Waals surface area contributed by atoms with Crippen molar-refractivity contribution in [3.8, 4) is 0 Å². The molecule has 2 aliphatic heterocycles. The van der Waals surface area contributed by atoms with Crippen LogP contribution in [0.25, 0.3) is 0 Å². The Morgan fingerprint density at radius 3 is 2.67 bits per heavy atom. The van der Waals surface area contributed by atoms with E-state index in [0.717, 1.165) is 24.1 Å². The average molecular weight is 490 g/mol. The number of carbonyl (C=O) groups is 1. The van der Waals surface area contributed by atoms with Crippen molar-refractivity contribution < 1.29 is 17.9 Å². The smallest absolute Gasteiger partial charge is 0.325 e. The standard InChI is InChI=1S/C22H27N5O4S2/c1-2-4-17-5-3-6-19(23-17)25-22(28)26-20-15-32-21(24-20)16-7-9-18(10-8-16)33(29,30)27-11-13-31-14-12-27/h3,5-10,15,21,24H,2,4,11-14H2,1H3,(H2,23,25,26,28). The molecule has 33 heavy (non-hydrogen) atoms. The zero-order valence-electron chi connectivity index (χ0n) is 18.3. The quantitative estimate of drug-likeness (QED) is 0.548. The lowest BCUT2D eigenvalue weighted by molar-refractivity contribution is 0.0730. The molecule has 4 rings (SSSR count). The van der Waals surface area contributed by atoms with Gasteiger partial charge in [0.05, 0.1) is 18.1 Å². The van der Waals surface area contributed by atoms with Crippen molar-refractivity contribution in [3.05, 3.63) is 65.0 Å². The second-order valence-electron chi connectivity index (χ2n) is 7.62. The van der Waals surface area contributed by atoms with Gasteiger partial charge in [-0.2, -0.15) is 4.31 Å². The van der Waals surface area contributed by atoms with Crippen LogP contribution in [0, 0.1) is 0 Å². The molecule has 2 aromatic rings. The number of ether oxygens (including phenoxy) is 1. The van der Waals surface area contributed by atoms with Crippen LogP contribution >= 0.6 is 11.8 Å². The molecule has 1 saturated heterocycles. The molecule has 1 atom stereocenters. The number of nitrogens with zero attached hydrogens (tertiary/aromatic N) is 2. The highest BCUT2D eigenvalue weighted by Crippen LogP contribution is 2.34. The van der Waals surface area contributed by atoms with Crippen LogP contribution in [0.2, 0.25) is 0 Å². The summed E-state index contributed by atoms with van der Waals surface area (Å²) in [6.45, 7) is 3.63. The Balaban J connectivity index is 1.32. The second-order valence-corrected chi connectivity index (χ2v) is 10.5. The molecule has 1 aromatic heterocycles. The van der Waals surface area contributed by atoms with E-state index in [9.17, 15) is 13.2 Å². The lowest BCUT2D eigenvalue weighted by Gasteiger charge is -2.26. The Bertz CT molecular complexity index is 1120. The topological polar surface area (TPSA) is 113 Å². The predicted molar refractivity (Wildman–Crippen MR) is 128 cm³/mol. The largest absolute Gasteiger partial charge is 0.379 e. The monoisotopic (exact) mass is 489 g/mol.